The Bertz CT molecular complexity index is 479. The highest BCUT2D eigenvalue weighted by Gasteiger charge is 2.32. The molecule has 1 heterocycles. The van der Waals surface area contributed by atoms with E-state index in [9.17, 15) is 9.90 Å². The number of nitrogens with zero attached hydrogens (tertiary/aromatic N) is 1. The van der Waals surface area contributed by atoms with Gasteiger partial charge in [0.05, 0.1) is 13.5 Å². The number of rotatable bonds is 4. The normalized spacial score (nSPS) is 29.8. The van der Waals surface area contributed by atoms with Gasteiger partial charge in [-0.25, -0.2) is 0 Å². The van der Waals surface area contributed by atoms with Gasteiger partial charge in [0, 0.05) is 10.5 Å². The lowest BCUT2D eigenvalue weighted by Gasteiger charge is -2.33. The second kappa shape index (κ2) is 11.8. The van der Waals surface area contributed by atoms with Gasteiger partial charge in [-0.1, -0.05) is 57.6 Å². The molecule has 1 N–H and O–H groups in total. The van der Waals surface area contributed by atoms with Crippen molar-refractivity contribution in [1.29, 1.82) is 0 Å². The maximum absolute atomic E-state index is 12.8. The molecule has 0 bridgehead atoms. The molecule has 0 aromatic carbocycles. The summed E-state index contributed by atoms with van der Waals surface area (Å²) in [5.41, 5.74) is 0. The van der Waals surface area contributed by atoms with Crippen LogP contribution >= 0.6 is 0 Å². The Morgan fingerprint density at radius 1 is 1.26 bits per heavy atom. The Hall–Kier alpha value is -0.670. The summed E-state index contributed by atoms with van der Waals surface area (Å²) in [6, 6.07) is -0.965. The molecule has 0 spiro atoms. The van der Waals surface area contributed by atoms with Crippen LogP contribution in [0.2, 0.25) is 0 Å². The molecule has 0 aromatic heterocycles. The molecule has 1 saturated heterocycles. The maximum Gasteiger partial charge on any atom is 0.152 e. The molecule has 1 rings (SSSR count). The summed E-state index contributed by atoms with van der Waals surface area (Å²) < 4.78 is 29.4. The lowest BCUT2D eigenvalue weighted by atomic mass is 9.89. The number of carbonyl (C=O) groups excluding carboxylic acids is 1. The Labute approximate surface area is 148 Å². The SMILES string of the molecule is [2H]/C(=C\C[C@@H](C)C(O)[C@H]1C(=O)CCCCCCCCCCN1C)C([2H])([2H])[2H]. The molecular weight excluding hydrogens is 286 g/mol. The minimum absolute atomic E-state index is 0.0713. The van der Waals surface area contributed by atoms with Crippen LogP contribution in [-0.4, -0.2) is 41.5 Å². The first-order chi connectivity index (χ1) is 12.6. The van der Waals surface area contributed by atoms with Gasteiger partial charge in [0.15, 0.2) is 5.78 Å². The zero-order chi connectivity index (χ0) is 20.4. The molecule has 3 heteroatoms. The molecule has 1 fully saturated rings. The van der Waals surface area contributed by atoms with E-state index in [0.717, 1.165) is 32.2 Å². The van der Waals surface area contributed by atoms with Crippen LogP contribution in [-0.2, 0) is 4.79 Å². The molecule has 3 atom stereocenters. The van der Waals surface area contributed by atoms with E-state index >= 15 is 0 Å². The number of ketones is 1. The predicted molar refractivity (Wildman–Crippen MR) is 97.6 cm³/mol. The molecular formula is C20H37NO2. The van der Waals surface area contributed by atoms with Gasteiger partial charge >= 0.3 is 0 Å². The van der Waals surface area contributed by atoms with E-state index in [1.54, 1.807) is 0 Å². The van der Waals surface area contributed by atoms with Gasteiger partial charge in [0.1, 0.15) is 0 Å². The Morgan fingerprint density at radius 2 is 1.87 bits per heavy atom. The molecule has 1 aliphatic rings. The topological polar surface area (TPSA) is 40.5 Å². The monoisotopic (exact) mass is 327 g/mol. The zero-order valence-electron chi connectivity index (χ0n) is 18.9. The summed E-state index contributed by atoms with van der Waals surface area (Å²) in [7, 11) is 1.90. The highest BCUT2D eigenvalue weighted by molar-refractivity contribution is 5.84. The van der Waals surface area contributed by atoms with Crippen molar-refractivity contribution in [3.05, 3.63) is 12.1 Å². The highest BCUT2D eigenvalue weighted by atomic mass is 16.3. The number of hydrogen-bond donors (Lipinski definition) is 1. The van der Waals surface area contributed by atoms with Gasteiger partial charge in [0.2, 0.25) is 0 Å². The second-order valence-electron chi connectivity index (χ2n) is 7.02. The van der Waals surface area contributed by atoms with E-state index in [2.05, 4.69) is 0 Å². The van der Waals surface area contributed by atoms with Gasteiger partial charge in [-0.05, 0) is 45.6 Å². The average Bonchev–Trinajstić information content (AvgIpc) is 2.60. The van der Waals surface area contributed by atoms with Crippen molar-refractivity contribution >= 4 is 5.78 Å². The van der Waals surface area contributed by atoms with Crippen LogP contribution in [0.1, 0.15) is 83.5 Å². The quantitative estimate of drug-likeness (QED) is 0.781. The fraction of sp³-hybridized carbons (Fsp3) is 0.850. The fourth-order valence-electron chi connectivity index (χ4n) is 3.40. The van der Waals surface area contributed by atoms with E-state index in [-0.39, 0.29) is 18.1 Å². The summed E-state index contributed by atoms with van der Waals surface area (Å²) in [4.78, 5) is 14.8. The van der Waals surface area contributed by atoms with Crippen molar-refractivity contribution < 1.29 is 15.4 Å². The van der Waals surface area contributed by atoms with Crippen molar-refractivity contribution in [2.75, 3.05) is 13.6 Å². The highest BCUT2D eigenvalue weighted by Crippen LogP contribution is 2.21. The summed E-state index contributed by atoms with van der Waals surface area (Å²) in [5, 5.41) is 10.9. The lowest BCUT2D eigenvalue weighted by Crippen LogP contribution is -2.49. The van der Waals surface area contributed by atoms with Gasteiger partial charge in [-0.3, -0.25) is 9.69 Å². The number of aliphatic hydroxyl groups excluding tert-OH is 1. The van der Waals surface area contributed by atoms with E-state index in [1.807, 2.05) is 18.9 Å². The molecule has 1 aliphatic heterocycles. The van der Waals surface area contributed by atoms with Gasteiger partial charge in [0.25, 0.3) is 0 Å². The van der Waals surface area contributed by atoms with Crippen LogP contribution < -0.4 is 0 Å². The van der Waals surface area contributed by atoms with Gasteiger partial charge in [-0.2, -0.15) is 0 Å². The smallest absolute Gasteiger partial charge is 0.152 e. The maximum atomic E-state index is 12.8. The Morgan fingerprint density at radius 3 is 2.52 bits per heavy atom. The van der Waals surface area contributed by atoms with Crippen LogP contribution in [0.25, 0.3) is 0 Å². The number of allylic oxidation sites excluding steroid dienone is 2. The minimum atomic E-state index is -2.43. The summed E-state index contributed by atoms with van der Waals surface area (Å²) in [6.07, 6.45) is 10.2. The summed E-state index contributed by atoms with van der Waals surface area (Å²) in [6.45, 7) is 0.161. The molecule has 0 radical (unpaired) electrons. The average molecular weight is 328 g/mol. The Kier molecular flexibility index (Phi) is 7.52. The predicted octanol–water partition coefficient (Wildman–Crippen LogP) is 4.34. The largest absolute Gasteiger partial charge is 0.391 e. The molecule has 0 amide bonds. The third-order valence-electron chi connectivity index (χ3n) is 4.99. The fourth-order valence-corrected chi connectivity index (χ4v) is 3.40. The van der Waals surface area contributed by atoms with Crippen molar-refractivity contribution in [2.24, 2.45) is 5.92 Å². The molecule has 3 nitrogen and oxygen atoms in total. The number of carbonyl (C=O) groups is 1. The standard InChI is InChI=1S/C20H37NO2/c1-4-5-14-17(2)20(23)19-18(22)15-12-10-8-6-7-9-11-13-16-21(19)3/h4-5,17,19-20,23H,6-16H2,1-3H3/b5-4+/t17-,19-,20?/m1/s1/i1D3,4D. The first-order valence-corrected chi connectivity index (χ1v) is 9.23. The summed E-state index contributed by atoms with van der Waals surface area (Å²) >= 11 is 0. The second-order valence-corrected chi connectivity index (χ2v) is 7.02. The van der Waals surface area contributed by atoms with Crippen LogP contribution in [0.15, 0.2) is 12.1 Å². The minimum Gasteiger partial charge on any atom is -0.391 e. The van der Waals surface area contributed by atoms with Crippen molar-refractivity contribution in [3.8, 4) is 0 Å². The number of likely N-dealkylation sites (N-methyl/N-ethyl adjacent to an activating group) is 1. The molecule has 0 aromatic rings. The molecule has 1 unspecified atom stereocenters. The first-order valence-electron chi connectivity index (χ1n) is 11.2. The third kappa shape index (κ3) is 7.63. The van der Waals surface area contributed by atoms with Crippen LogP contribution in [0.4, 0.5) is 0 Å². The van der Waals surface area contributed by atoms with Gasteiger partial charge in [-0.15, -0.1) is 0 Å². The number of hydrogen-bond acceptors (Lipinski definition) is 3. The van der Waals surface area contributed by atoms with Crippen LogP contribution in [0, 0.1) is 5.92 Å². The zero-order valence-corrected chi connectivity index (χ0v) is 14.9. The van der Waals surface area contributed by atoms with Gasteiger partial charge < -0.3 is 5.11 Å². The number of aliphatic hydroxyl groups is 1. The van der Waals surface area contributed by atoms with Crippen LogP contribution in [0.5, 0.6) is 0 Å². The molecule has 23 heavy (non-hydrogen) atoms. The number of Topliss-reactive ketones (excluding diaryl/α,β-unsaturated/α-hetero) is 1. The van der Waals surface area contributed by atoms with E-state index in [1.165, 1.54) is 31.8 Å². The van der Waals surface area contributed by atoms with E-state index < -0.39 is 25.0 Å². The van der Waals surface area contributed by atoms with Crippen molar-refractivity contribution in [2.45, 2.75) is 90.1 Å². The molecule has 0 saturated carbocycles. The van der Waals surface area contributed by atoms with Crippen molar-refractivity contribution in [1.82, 2.24) is 4.90 Å². The lowest BCUT2D eigenvalue weighted by molar-refractivity contribution is -0.129. The third-order valence-corrected chi connectivity index (χ3v) is 4.99. The van der Waals surface area contributed by atoms with E-state index in [4.69, 9.17) is 5.48 Å². The first kappa shape index (κ1) is 14.7. The van der Waals surface area contributed by atoms with Crippen LogP contribution in [0.3, 0.4) is 0 Å². The summed E-state index contributed by atoms with van der Waals surface area (Å²) in [5.74, 6) is -0.221. The Balaban J connectivity index is 2.81. The molecule has 0 aliphatic carbocycles. The molecule has 134 valence electrons. The van der Waals surface area contributed by atoms with E-state index in [0.29, 0.717) is 6.42 Å². The van der Waals surface area contributed by atoms with Crippen molar-refractivity contribution in [3.63, 3.8) is 0 Å².